The molecule has 0 saturated heterocycles. The first-order valence-corrected chi connectivity index (χ1v) is 9.23. The third-order valence-electron chi connectivity index (χ3n) is 4.52. The van der Waals surface area contributed by atoms with E-state index in [1.54, 1.807) is 13.0 Å². The average molecular weight is 430 g/mol. The molecule has 0 saturated carbocycles. The van der Waals surface area contributed by atoms with Crippen molar-refractivity contribution in [2.45, 2.75) is 13.3 Å². The maximum atomic E-state index is 13.6. The maximum absolute atomic E-state index is 13.6. The summed E-state index contributed by atoms with van der Waals surface area (Å²) in [6.45, 7) is 0.982. The number of aromatic nitrogens is 2. The van der Waals surface area contributed by atoms with E-state index < -0.39 is 41.2 Å². The lowest BCUT2D eigenvalue weighted by molar-refractivity contribution is -0.139. The third kappa shape index (κ3) is 4.47. The van der Waals surface area contributed by atoms with E-state index in [2.05, 4.69) is 4.98 Å². The number of hydrogen-bond acceptors (Lipinski definition) is 7. The fourth-order valence-electron chi connectivity index (χ4n) is 3.08. The molecular weight excluding hydrogens is 411 g/mol. The molecule has 0 aliphatic carbocycles. The number of esters is 1. The number of rotatable bonds is 7. The highest BCUT2D eigenvalue weighted by Gasteiger charge is 2.23. The molecule has 1 aromatic carbocycles. The van der Waals surface area contributed by atoms with E-state index in [0.29, 0.717) is 11.1 Å². The van der Waals surface area contributed by atoms with Crippen LogP contribution in [0.3, 0.4) is 0 Å². The van der Waals surface area contributed by atoms with Crippen LogP contribution < -0.4 is 10.3 Å². The molecular formula is C21H19FN2O7. The number of carboxylic acid groups (broad SMARTS) is 1. The first kappa shape index (κ1) is 21.8. The Hall–Kier alpha value is -3.95. The van der Waals surface area contributed by atoms with Crippen molar-refractivity contribution in [3.05, 3.63) is 63.3 Å². The highest BCUT2D eigenvalue weighted by molar-refractivity contribution is 5.98. The van der Waals surface area contributed by atoms with Gasteiger partial charge in [0, 0.05) is 25.7 Å². The summed E-state index contributed by atoms with van der Waals surface area (Å²) in [5.74, 6) is -3.24. The molecule has 0 radical (unpaired) electrons. The van der Waals surface area contributed by atoms with E-state index in [-0.39, 0.29) is 29.8 Å². The van der Waals surface area contributed by atoms with Gasteiger partial charge in [-0.05, 0) is 30.2 Å². The van der Waals surface area contributed by atoms with E-state index >= 15 is 0 Å². The van der Waals surface area contributed by atoms with Crippen LogP contribution >= 0.6 is 0 Å². The number of carbonyl (C=O) groups excluding carboxylic acids is 1. The number of nitrogens with zero attached hydrogens (tertiary/aromatic N) is 2. The second kappa shape index (κ2) is 8.82. The normalized spacial score (nSPS) is 10.8. The lowest BCUT2D eigenvalue weighted by atomic mass is 10.0. The quantitative estimate of drug-likeness (QED) is 0.545. The first-order valence-electron chi connectivity index (χ1n) is 9.23. The summed E-state index contributed by atoms with van der Waals surface area (Å²) in [7, 11) is 1.43. The molecule has 0 aliphatic rings. The standard InChI is InChI=1S/C21H19FN2O7/c1-3-30-21(29)17-19(27)18-14(24(2)20(17)28)7-11(9-23-18)6-12-4-5-13(22)8-15(12)31-10-16(25)26/h4-5,7-9,27H,3,6,10H2,1-2H3,(H,25,26). The van der Waals surface area contributed by atoms with Crippen LogP contribution in [0.5, 0.6) is 11.5 Å². The van der Waals surface area contributed by atoms with Gasteiger partial charge in [0.05, 0.1) is 12.1 Å². The number of hydrogen-bond donors (Lipinski definition) is 2. The van der Waals surface area contributed by atoms with Crippen LogP contribution in [0.1, 0.15) is 28.4 Å². The van der Waals surface area contributed by atoms with Gasteiger partial charge in [-0.1, -0.05) is 6.07 Å². The summed E-state index contributed by atoms with van der Waals surface area (Å²) in [4.78, 5) is 39.6. The summed E-state index contributed by atoms with van der Waals surface area (Å²) in [6.07, 6.45) is 1.61. The first-order chi connectivity index (χ1) is 14.7. The van der Waals surface area contributed by atoms with Crippen molar-refractivity contribution in [2.75, 3.05) is 13.2 Å². The predicted molar refractivity (Wildman–Crippen MR) is 107 cm³/mol. The highest BCUT2D eigenvalue weighted by Crippen LogP contribution is 2.28. The molecule has 2 aromatic heterocycles. The second-order valence-corrected chi connectivity index (χ2v) is 6.63. The Morgan fingerprint density at radius 2 is 2.00 bits per heavy atom. The fourth-order valence-corrected chi connectivity index (χ4v) is 3.08. The smallest absolute Gasteiger partial charge is 0.347 e. The summed E-state index contributed by atoms with van der Waals surface area (Å²) in [5, 5.41) is 19.2. The number of aromatic hydroxyl groups is 1. The predicted octanol–water partition coefficient (Wildman–Crippen LogP) is 2.01. The molecule has 0 amide bonds. The van der Waals surface area contributed by atoms with Crippen molar-refractivity contribution in [1.29, 1.82) is 0 Å². The molecule has 31 heavy (non-hydrogen) atoms. The zero-order chi connectivity index (χ0) is 22.7. The molecule has 0 unspecified atom stereocenters. The summed E-state index contributed by atoms with van der Waals surface area (Å²) in [5.41, 5.74) is 0.145. The van der Waals surface area contributed by atoms with Crippen LogP contribution in [0.2, 0.25) is 0 Å². The van der Waals surface area contributed by atoms with E-state index in [1.165, 1.54) is 29.9 Å². The molecule has 0 bridgehead atoms. The van der Waals surface area contributed by atoms with Crippen molar-refractivity contribution in [3.8, 4) is 11.5 Å². The minimum Gasteiger partial charge on any atom is -0.505 e. The molecule has 0 atom stereocenters. The van der Waals surface area contributed by atoms with Crippen molar-refractivity contribution in [2.24, 2.45) is 7.05 Å². The van der Waals surface area contributed by atoms with Crippen LogP contribution in [-0.2, 0) is 23.0 Å². The molecule has 2 heterocycles. The number of fused-ring (bicyclic) bond motifs is 1. The fraction of sp³-hybridized carbons (Fsp3) is 0.238. The van der Waals surface area contributed by atoms with Crippen LogP contribution in [0, 0.1) is 5.82 Å². The van der Waals surface area contributed by atoms with Crippen LogP contribution in [-0.4, -0.2) is 44.9 Å². The Morgan fingerprint density at radius 3 is 2.68 bits per heavy atom. The molecule has 2 N–H and O–H groups in total. The number of carboxylic acids is 1. The van der Waals surface area contributed by atoms with E-state index in [1.807, 2.05) is 0 Å². The Bertz CT molecular complexity index is 1240. The van der Waals surface area contributed by atoms with Crippen molar-refractivity contribution >= 4 is 23.0 Å². The number of pyridine rings is 2. The van der Waals surface area contributed by atoms with Gasteiger partial charge in [-0.25, -0.2) is 14.0 Å². The van der Waals surface area contributed by atoms with Crippen LogP contribution in [0.15, 0.2) is 35.3 Å². The van der Waals surface area contributed by atoms with Gasteiger partial charge in [-0.15, -0.1) is 0 Å². The number of carbonyl (C=O) groups is 2. The van der Waals surface area contributed by atoms with Gasteiger partial charge in [0.1, 0.15) is 17.1 Å². The lowest BCUT2D eigenvalue weighted by Crippen LogP contribution is -2.26. The Labute approximate surface area is 175 Å². The molecule has 0 fully saturated rings. The zero-order valence-corrected chi connectivity index (χ0v) is 16.7. The Kier molecular flexibility index (Phi) is 6.19. The molecule has 162 valence electrons. The topological polar surface area (TPSA) is 128 Å². The van der Waals surface area contributed by atoms with Crippen LogP contribution in [0.4, 0.5) is 4.39 Å². The van der Waals surface area contributed by atoms with Crippen molar-refractivity contribution in [3.63, 3.8) is 0 Å². The number of benzene rings is 1. The zero-order valence-electron chi connectivity index (χ0n) is 16.7. The number of halogens is 1. The van der Waals surface area contributed by atoms with Gasteiger partial charge >= 0.3 is 11.9 Å². The largest absolute Gasteiger partial charge is 0.505 e. The van der Waals surface area contributed by atoms with Gasteiger partial charge in [-0.3, -0.25) is 9.78 Å². The molecule has 3 rings (SSSR count). The average Bonchev–Trinajstić information content (AvgIpc) is 2.72. The summed E-state index contributed by atoms with van der Waals surface area (Å²) >= 11 is 0. The molecule has 0 aliphatic heterocycles. The number of aliphatic carboxylic acids is 1. The van der Waals surface area contributed by atoms with Crippen molar-refractivity contribution < 1.29 is 33.7 Å². The highest BCUT2D eigenvalue weighted by atomic mass is 19.1. The van der Waals surface area contributed by atoms with E-state index in [0.717, 1.165) is 6.07 Å². The summed E-state index contributed by atoms with van der Waals surface area (Å²) < 4.78 is 24.7. The molecule has 3 aromatic rings. The number of ether oxygens (including phenoxy) is 2. The number of aryl methyl sites for hydroxylation is 1. The van der Waals surface area contributed by atoms with Gasteiger partial charge < -0.3 is 24.3 Å². The van der Waals surface area contributed by atoms with Gasteiger partial charge in [0.2, 0.25) is 0 Å². The Balaban J connectivity index is 2.04. The SMILES string of the molecule is CCOC(=O)c1c(O)c2ncc(Cc3ccc(F)cc3OCC(=O)O)cc2n(C)c1=O. The monoisotopic (exact) mass is 430 g/mol. The Morgan fingerprint density at radius 1 is 1.26 bits per heavy atom. The second-order valence-electron chi connectivity index (χ2n) is 6.63. The minimum atomic E-state index is -1.20. The third-order valence-corrected chi connectivity index (χ3v) is 4.52. The lowest BCUT2D eigenvalue weighted by Gasteiger charge is -2.13. The molecule has 10 heteroatoms. The van der Waals surface area contributed by atoms with Gasteiger partial charge in [-0.2, -0.15) is 0 Å². The van der Waals surface area contributed by atoms with E-state index in [4.69, 9.17) is 14.6 Å². The molecule has 0 spiro atoms. The minimum absolute atomic E-state index is 0.0374. The maximum Gasteiger partial charge on any atom is 0.347 e. The van der Waals surface area contributed by atoms with Crippen LogP contribution in [0.25, 0.3) is 11.0 Å². The van der Waals surface area contributed by atoms with Crippen molar-refractivity contribution in [1.82, 2.24) is 9.55 Å². The van der Waals surface area contributed by atoms with E-state index in [9.17, 15) is 23.9 Å². The van der Waals surface area contributed by atoms with Gasteiger partial charge in [0.25, 0.3) is 5.56 Å². The molecule has 9 nitrogen and oxygen atoms in total. The summed E-state index contributed by atoms with van der Waals surface area (Å²) in [6, 6.07) is 5.34. The van der Waals surface area contributed by atoms with Gasteiger partial charge in [0.15, 0.2) is 17.9 Å².